The second kappa shape index (κ2) is 9.82. The first kappa shape index (κ1) is 18.9. The zero-order chi connectivity index (χ0) is 17.1. The zero-order valence-corrected chi connectivity index (χ0v) is 13.8. The Balaban J connectivity index is 0.000000253. The number of carbonyl (C=O) groups excluding carboxylic acids is 2. The van der Waals surface area contributed by atoms with Crippen molar-refractivity contribution in [2.45, 2.75) is 57.2 Å². The van der Waals surface area contributed by atoms with Gasteiger partial charge in [-0.1, -0.05) is 12.2 Å². The lowest BCUT2D eigenvalue weighted by atomic mass is 9.90. The van der Waals surface area contributed by atoms with Crippen LogP contribution in [-0.2, 0) is 19.1 Å². The molecule has 2 unspecified atom stereocenters. The fourth-order valence-corrected chi connectivity index (χ4v) is 2.36. The van der Waals surface area contributed by atoms with Gasteiger partial charge in [0.2, 0.25) is 0 Å². The van der Waals surface area contributed by atoms with Gasteiger partial charge in [-0.15, -0.1) is 13.2 Å². The number of allylic oxidation sites excluding steroid dienone is 3. The van der Waals surface area contributed by atoms with Gasteiger partial charge < -0.3 is 9.47 Å². The van der Waals surface area contributed by atoms with Crippen LogP contribution in [0.25, 0.3) is 0 Å². The molecule has 126 valence electrons. The summed E-state index contributed by atoms with van der Waals surface area (Å²) in [7, 11) is 0. The van der Waals surface area contributed by atoms with Gasteiger partial charge in [-0.2, -0.15) is 0 Å². The molecule has 23 heavy (non-hydrogen) atoms. The van der Waals surface area contributed by atoms with Gasteiger partial charge in [0.05, 0.1) is 12.5 Å². The summed E-state index contributed by atoms with van der Waals surface area (Å²) in [6, 6.07) is 0. The van der Waals surface area contributed by atoms with Crippen molar-refractivity contribution in [2.24, 2.45) is 0 Å². The highest BCUT2D eigenvalue weighted by Gasteiger charge is 2.32. The minimum atomic E-state index is -0.660. The van der Waals surface area contributed by atoms with Crippen LogP contribution in [0.2, 0.25) is 0 Å². The lowest BCUT2D eigenvalue weighted by molar-refractivity contribution is -0.126. The summed E-state index contributed by atoms with van der Waals surface area (Å²) in [5.74, 6) is 0. The standard InChI is InChI=1S/C12H16O2.C7H10O2/c1-3-5-11-6-8-12(10-13,7-4-2)14-9-11;1-6-2-3-7(4-8)9-5-6/h3-4,9-10H,1-2,5-8H2;4-5,7H,2-3H2,1H3. The summed E-state index contributed by atoms with van der Waals surface area (Å²) in [6.45, 7) is 9.29. The highest BCUT2D eigenvalue weighted by atomic mass is 16.5. The highest BCUT2D eigenvalue weighted by molar-refractivity contribution is 5.63. The van der Waals surface area contributed by atoms with E-state index in [0.717, 1.165) is 44.7 Å². The minimum absolute atomic E-state index is 0.186. The Morgan fingerprint density at radius 3 is 2.48 bits per heavy atom. The topological polar surface area (TPSA) is 52.6 Å². The summed E-state index contributed by atoms with van der Waals surface area (Å²) in [6.07, 6.45) is 13.4. The fraction of sp³-hybridized carbons (Fsp3) is 0.474. The van der Waals surface area contributed by atoms with Crippen molar-refractivity contribution in [3.63, 3.8) is 0 Å². The van der Waals surface area contributed by atoms with E-state index in [-0.39, 0.29) is 6.10 Å². The third-order valence-electron chi connectivity index (χ3n) is 3.86. The second-order valence-electron chi connectivity index (χ2n) is 5.88. The average molecular weight is 318 g/mol. The van der Waals surface area contributed by atoms with Crippen LogP contribution < -0.4 is 0 Å². The molecule has 2 rings (SSSR count). The molecule has 0 aromatic heterocycles. The molecule has 0 saturated heterocycles. The molecule has 0 fully saturated rings. The van der Waals surface area contributed by atoms with Crippen LogP contribution in [0.4, 0.5) is 0 Å². The van der Waals surface area contributed by atoms with Gasteiger partial charge in [0.25, 0.3) is 0 Å². The summed E-state index contributed by atoms with van der Waals surface area (Å²) >= 11 is 0. The Kier molecular flexibility index (Phi) is 8.09. The monoisotopic (exact) mass is 318 g/mol. The molecule has 0 aromatic carbocycles. The van der Waals surface area contributed by atoms with Crippen LogP contribution in [0.15, 0.2) is 49.0 Å². The third kappa shape index (κ3) is 6.27. The van der Waals surface area contributed by atoms with Crippen LogP contribution in [0, 0.1) is 0 Å². The van der Waals surface area contributed by atoms with Gasteiger partial charge in [-0.3, -0.25) is 9.59 Å². The Morgan fingerprint density at radius 1 is 1.26 bits per heavy atom. The number of rotatable bonds is 6. The SMILES string of the molecule is C=CCC1=COC(C=O)(CC=C)CC1.CC1=COC(C=O)CC1. The van der Waals surface area contributed by atoms with Crippen LogP contribution in [-0.4, -0.2) is 24.3 Å². The molecule has 0 spiro atoms. The quantitative estimate of drug-likeness (QED) is 0.548. The zero-order valence-electron chi connectivity index (χ0n) is 13.8. The van der Waals surface area contributed by atoms with Crippen molar-refractivity contribution in [1.82, 2.24) is 0 Å². The number of hydrogen-bond acceptors (Lipinski definition) is 4. The van der Waals surface area contributed by atoms with Crippen LogP contribution >= 0.6 is 0 Å². The fourth-order valence-electron chi connectivity index (χ4n) is 2.36. The van der Waals surface area contributed by atoms with E-state index < -0.39 is 5.60 Å². The van der Waals surface area contributed by atoms with E-state index in [0.29, 0.717) is 6.42 Å². The van der Waals surface area contributed by atoms with E-state index in [1.807, 2.05) is 13.0 Å². The van der Waals surface area contributed by atoms with Crippen LogP contribution in [0.1, 0.15) is 45.4 Å². The predicted octanol–water partition coefficient (Wildman–Crippen LogP) is 4.04. The van der Waals surface area contributed by atoms with Crippen molar-refractivity contribution in [3.8, 4) is 0 Å². The Bertz CT molecular complexity index is 490. The molecular weight excluding hydrogens is 292 g/mol. The summed E-state index contributed by atoms with van der Waals surface area (Å²) in [5.41, 5.74) is 1.75. The Labute approximate surface area is 138 Å². The maximum absolute atomic E-state index is 10.9. The molecule has 2 heterocycles. The molecular formula is C19H26O4. The van der Waals surface area contributed by atoms with E-state index in [1.165, 1.54) is 11.1 Å². The number of aldehydes is 2. The van der Waals surface area contributed by atoms with Gasteiger partial charge >= 0.3 is 0 Å². The lowest BCUT2D eigenvalue weighted by Gasteiger charge is -2.30. The smallest absolute Gasteiger partial charge is 0.166 e. The normalized spacial score (nSPS) is 26.0. The highest BCUT2D eigenvalue weighted by Crippen LogP contribution is 2.30. The molecule has 4 heteroatoms. The third-order valence-corrected chi connectivity index (χ3v) is 3.86. The van der Waals surface area contributed by atoms with E-state index in [1.54, 1.807) is 18.6 Å². The van der Waals surface area contributed by atoms with E-state index in [2.05, 4.69) is 13.2 Å². The number of ether oxygens (including phenoxy) is 2. The van der Waals surface area contributed by atoms with Crippen molar-refractivity contribution in [1.29, 1.82) is 0 Å². The molecule has 2 atom stereocenters. The molecule has 0 bridgehead atoms. The molecule has 4 nitrogen and oxygen atoms in total. The molecule has 0 aromatic rings. The van der Waals surface area contributed by atoms with Gasteiger partial charge in [0.1, 0.15) is 0 Å². The first-order valence-corrected chi connectivity index (χ1v) is 7.89. The van der Waals surface area contributed by atoms with Crippen molar-refractivity contribution in [3.05, 3.63) is 49.0 Å². The maximum atomic E-state index is 10.9. The molecule has 0 saturated carbocycles. The maximum Gasteiger partial charge on any atom is 0.166 e. The Morgan fingerprint density at radius 2 is 2.04 bits per heavy atom. The van der Waals surface area contributed by atoms with Gasteiger partial charge in [0, 0.05) is 6.42 Å². The van der Waals surface area contributed by atoms with Gasteiger partial charge in [-0.25, -0.2) is 0 Å². The molecule has 0 radical (unpaired) electrons. The van der Waals surface area contributed by atoms with E-state index >= 15 is 0 Å². The number of hydrogen-bond donors (Lipinski definition) is 0. The summed E-state index contributed by atoms with van der Waals surface area (Å²) in [5, 5.41) is 0. The Hall–Kier alpha value is -2.10. The van der Waals surface area contributed by atoms with Gasteiger partial charge in [0.15, 0.2) is 24.3 Å². The van der Waals surface area contributed by atoms with Crippen LogP contribution in [0.3, 0.4) is 0 Å². The molecule has 0 N–H and O–H groups in total. The first-order valence-electron chi connectivity index (χ1n) is 7.89. The van der Waals surface area contributed by atoms with Crippen molar-refractivity contribution >= 4 is 12.6 Å². The van der Waals surface area contributed by atoms with E-state index in [4.69, 9.17) is 9.47 Å². The largest absolute Gasteiger partial charge is 0.491 e. The minimum Gasteiger partial charge on any atom is -0.491 e. The number of carbonyl (C=O) groups is 2. The predicted molar refractivity (Wildman–Crippen MR) is 90.8 cm³/mol. The first-order chi connectivity index (χ1) is 11.1. The lowest BCUT2D eigenvalue weighted by Crippen LogP contribution is -2.34. The van der Waals surface area contributed by atoms with E-state index in [9.17, 15) is 9.59 Å². The summed E-state index contributed by atoms with van der Waals surface area (Å²) in [4.78, 5) is 21.0. The van der Waals surface area contributed by atoms with Gasteiger partial charge in [-0.05, 0) is 50.2 Å². The average Bonchev–Trinajstić information content (AvgIpc) is 2.59. The molecule has 0 amide bonds. The molecule has 2 aliphatic heterocycles. The summed E-state index contributed by atoms with van der Waals surface area (Å²) < 4.78 is 10.5. The van der Waals surface area contributed by atoms with Crippen molar-refractivity contribution in [2.75, 3.05) is 0 Å². The van der Waals surface area contributed by atoms with Crippen LogP contribution in [0.5, 0.6) is 0 Å². The molecule has 2 aliphatic rings. The second-order valence-corrected chi connectivity index (χ2v) is 5.88. The van der Waals surface area contributed by atoms with Crippen molar-refractivity contribution < 1.29 is 19.1 Å². The molecule has 0 aliphatic carbocycles.